The Morgan fingerprint density at radius 2 is 2.12 bits per heavy atom. The molecule has 0 radical (unpaired) electrons. The molecule has 1 fully saturated rings. The molecule has 0 spiro atoms. The number of carboxylic acids is 1. The van der Waals surface area contributed by atoms with Crippen LogP contribution in [0.3, 0.4) is 0 Å². The smallest absolute Gasteiger partial charge is 0.445 e. The van der Waals surface area contributed by atoms with Gasteiger partial charge in [0.05, 0.1) is 12.1 Å². The van der Waals surface area contributed by atoms with E-state index in [1.807, 2.05) is 0 Å². The molecule has 1 aliphatic carbocycles. The van der Waals surface area contributed by atoms with Crippen LogP contribution in [-0.2, 0) is 15.1 Å². The van der Waals surface area contributed by atoms with E-state index in [4.69, 9.17) is 21.4 Å². The van der Waals surface area contributed by atoms with Crippen LogP contribution >= 0.6 is 11.6 Å². The number of benzene rings is 1. The highest BCUT2D eigenvalue weighted by Crippen LogP contribution is 2.49. The fourth-order valence-corrected chi connectivity index (χ4v) is 2.76. The van der Waals surface area contributed by atoms with E-state index in [0.29, 0.717) is 12.8 Å². The SMILES string of the molecule is O=C(O)CCN1C(=O)O[C@](C#CC2CC2)(C(F)(F)F)c2cc(Cl)ccc21. The summed E-state index contributed by atoms with van der Waals surface area (Å²) in [4.78, 5) is 23.9. The second kappa shape index (κ2) is 6.40. The summed E-state index contributed by atoms with van der Waals surface area (Å²) in [5, 5.41) is 8.82. The highest BCUT2D eigenvalue weighted by Gasteiger charge is 2.63. The predicted molar refractivity (Wildman–Crippen MR) is 85.8 cm³/mol. The summed E-state index contributed by atoms with van der Waals surface area (Å²) < 4.78 is 46.7. The Kier molecular flexibility index (Phi) is 4.53. The number of carbonyl (C=O) groups is 2. The normalized spacial score (nSPS) is 22.2. The lowest BCUT2D eigenvalue weighted by Gasteiger charge is -2.40. The molecule has 1 atom stereocenters. The first-order chi connectivity index (χ1) is 12.1. The van der Waals surface area contributed by atoms with Crippen molar-refractivity contribution in [3.8, 4) is 11.8 Å². The molecular weight excluding hydrogens is 375 g/mol. The first kappa shape index (κ1) is 18.4. The molecule has 5 nitrogen and oxygen atoms in total. The maximum Gasteiger partial charge on any atom is 0.445 e. The number of fused-ring (bicyclic) bond motifs is 1. The van der Waals surface area contributed by atoms with Gasteiger partial charge in [0.25, 0.3) is 5.60 Å². The van der Waals surface area contributed by atoms with Crippen molar-refractivity contribution in [3.63, 3.8) is 0 Å². The molecule has 1 aromatic rings. The monoisotopic (exact) mass is 387 g/mol. The lowest BCUT2D eigenvalue weighted by atomic mass is 9.89. The van der Waals surface area contributed by atoms with Crippen LogP contribution in [0.5, 0.6) is 0 Å². The van der Waals surface area contributed by atoms with Gasteiger partial charge < -0.3 is 9.84 Å². The van der Waals surface area contributed by atoms with Gasteiger partial charge in [0.15, 0.2) is 0 Å². The average Bonchev–Trinajstić information content (AvgIpc) is 3.35. The van der Waals surface area contributed by atoms with Crippen LogP contribution in [0, 0.1) is 17.8 Å². The topological polar surface area (TPSA) is 66.8 Å². The second-order valence-electron chi connectivity index (χ2n) is 6.05. The van der Waals surface area contributed by atoms with E-state index in [-0.39, 0.29) is 23.2 Å². The quantitative estimate of drug-likeness (QED) is 0.798. The van der Waals surface area contributed by atoms with Gasteiger partial charge in [-0.1, -0.05) is 17.5 Å². The van der Waals surface area contributed by atoms with Crippen molar-refractivity contribution < 1.29 is 32.6 Å². The number of alkyl halides is 3. The summed E-state index contributed by atoms with van der Waals surface area (Å²) in [6, 6.07) is 3.60. The van der Waals surface area contributed by atoms with Gasteiger partial charge in [-0.15, -0.1) is 0 Å². The molecule has 0 unspecified atom stereocenters. The molecule has 138 valence electrons. The Morgan fingerprint density at radius 1 is 1.42 bits per heavy atom. The Hall–Kier alpha value is -2.40. The third-order valence-electron chi connectivity index (χ3n) is 4.07. The largest absolute Gasteiger partial charge is 0.481 e. The van der Waals surface area contributed by atoms with Crippen molar-refractivity contribution in [1.82, 2.24) is 0 Å². The van der Waals surface area contributed by atoms with Crippen molar-refractivity contribution in [2.45, 2.75) is 31.0 Å². The number of cyclic esters (lactones) is 1. The summed E-state index contributed by atoms with van der Waals surface area (Å²) in [6.07, 6.45) is -5.36. The van der Waals surface area contributed by atoms with Gasteiger partial charge in [-0.05, 0) is 37.0 Å². The highest BCUT2D eigenvalue weighted by molar-refractivity contribution is 6.30. The van der Waals surface area contributed by atoms with E-state index < -0.39 is 35.8 Å². The predicted octanol–water partition coefficient (Wildman–Crippen LogP) is 3.94. The van der Waals surface area contributed by atoms with Gasteiger partial charge in [0.1, 0.15) is 0 Å². The number of rotatable bonds is 3. The number of amides is 1. The standard InChI is InChI=1S/C17H13ClF3NO4/c18-11-3-4-13-12(9-11)16(17(19,20)21,7-5-10-1-2-10)26-15(25)22(13)8-6-14(23)24/h3-4,9-10H,1-2,6,8H2,(H,23,24)/t16-/m0/s1. The van der Waals surface area contributed by atoms with Gasteiger partial charge in [0.2, 0.25) is 0 Å². The molecule has 1 saturated carbocycles. The number of hydrogen-bond donors (Lipinski definition) is 1. The Bertz CT molecular complexity index is 826. The molecule has 0 saturated heterocycles. The minimum absolute atomic E-state index is 0.0155. The van der Waals surface area contributed by atoms with Gasteiger partial charge >= 0.3 is 18.2 Å². The van der Waals surface area contributed by atoms with E-state index >= 15 is 0 Å². The molecule has 1 heterocycles. The number of carboxylic acid groups (broad SMARTS) is 1. The van der Waals surface area contributed by atoms with Gasteiger partial charge in [-0.3, -0.25) is 9.69 Å². The number of hydrogen-bond acceptors (Lipinski definition) is 3. The molecule has 1 amide bonds. The van der Waals surface area contributed by atoms with E-state index in [1.54, 1.807) is 0 Å². The van der Waals surface area contributed by atoms with E-state index in [0.717, 1.165) is 11.0 Å². The number of carbonyl (C=O) groups excluding carboxylic acids is 1. The molecule has 1 aromatic carbocycles. The molecule has 26 heavy (non-hydrogen) atoms. The molecule has 1 N–H and O–H groups in total. The first-order valence-electron chi connectivity index (χ1n) is 7.76. The van der Waals surface area contributed by atoms with E-state index in [9.17, 15) is 22.8 Å². The molecule has 2 aliphatic rings. The van der Waals surface area contributed by atoms with Crippen molar-refractivity contribution >= 4 is 29.4 Å². The first-order valence-corrected chi connectivity index (χ1v) is 8.13. The zero-order valence-electron chi connectivity index (χ0n) is 13.3. The van der Waals surface area contributed by atoms with Crippen LogP contribution < -0.4 is 4.90 Å². The fourth-order valence-electron chi connectivity index (χ4n) is 2.59. The maximum atomic E-state index is 14.0. The van der Waals surface area contributed by atoms with Gasteiger partial charge in [0, 0.05) is 23.0 Å². The summed E-state index contributed by atoms with van der Waals surface area (Å²) in [5.41, 5.74) is -3.67. The minimum Gasteiger partial charge on any atom is -0.481 e. The van der Waals surface area contributed by atoms with Crippen LogP contribution in [0.2, 0.25) is 5.02 Å². The van der Waals surface area contributed by atoms with E-state index in [1.165, 1.54) is 12.1 Å². The lowest BCUT2D eigenvalue weighted by molar-refractivity contribution is -0.240. The molecule has 0 aromatic heterocycles. The summed E-state index contributed by atoms with van der Waals surface area (Å²) in [6.45, 7) is -0.340. The van der Waals surface area contributed by atoms with Crippen molar-refractivity contribution in [2.24, 2.45) is 5.92 Å². The van der Waals surface area contributed by atoms with Gasteiger partial charge in [-0.2, -0.15) is 13.2 Å². The lowest BCUT2D eigenvalue weighted by Crippen LogP contribution is -2.53. The maximum absolute atomic E-state index is 14.0. The summed E-state index contributed by atoms with van der Waals surface area (Å²) in [5.74, 6) is 3.28. The average molecular weight is 388 g/mol. The number of aliphatic carboxylic acids is 1. The molecule has 9 heteroatoms. The fraction of sp³-hybridized carbons (Fsp3) is 0.412. The number of halogens is 4. The van der Waals surface area contributed by atoms with Crippen molar-refractivity contribution in [3.05, 3.63) is 28.8 Å². The summed E-state index contributed by atoms with van der Waals surface area (Å²) >= 11 is 5.87. The number of ether oxygens (including phenoxy) is 1. The van der Waals surface area contributed by atoms with Crippen LogP contribution in [-0.4, -0.2) is 29.9 Å². The van der Waals surface area contributed by atoms with Crippen LogP contribution in [0.4, 0.5) is 23.7 Å². The molecule has 0 bridgehead atoms. The van der Waals surface area contributed by atoms with E-state index in [2.05, 4.69) is 11.8 Å². The summed E-state index contributed by atoms with van der Waals surface area (Å²) in [7, 11) is 0. The third kappa shape index (κ3) is 3.31. The van der Waals surface area contributed by atoms with Crippen molar-refractivity contribution in [1.29, 1.82) is 0 Å². The Balaban J connectivity index is 2.15. The zero-order valence-corrected chi connectivity index (χ0v) is 14.0. The van der Waals surface area contributed by atoms with Crippen LogP contribution in [0.1, 0.15) is 24.8 Å². The Morgan fingerprint density at radius 3 is 2.69 bits per heavy atom. The third-order valence-corrected chi connectivity index (χ3v) is 4.30. The van der Waals surface area contributed by atoms with Crippen LogP contribution in [0.15, 0.2) is 18.2 Å². The van der Waals surface area contributed by atoms with Crippen LogP contribution in [0.25, 0.3) is 0 Å². The molecule has 1 aliphatic heterocycles. The minimum atomic E-state index is -5.00. The van der Waals surface area contributed by atoms with Gasteiger partial charge in [-0.25, -0.2) is 4.79 Å². The Labute approximate surface area is 151 Å². The highest BCUT2D eigenvalue weighted by atomic mass is 35.5. The molecule has 3 rings (SSSR count). The number of anilines is 1. The molecular formula is C17H13ClF3NO4. The second-order valence-corrected chi connectivity index (χ2v) is 6.48. The zero-order chi connectivity index (χ0) is 19.1. The van der Waals surface area contributed by atoms with Crippen molar-refractivity contribution in [2.75, 3.05) is 11.4 Å². The number of nitrogens with zero attached hydrogens (tertiary/aromatic N) is 1.